The van der Waals surface area contributed by atoms with Gasteiger partial charge < -0.3 is 9.47 Å². The third-order valence-corrected chi connectivity index (χ3v) is 4.38. The number of hydrazine groups is 1. The average Bonchev–Trinajstić information content (AvgIpc) is 2.72. The summed E-state index contributed by atoms with van der Waals surface area (Å²) in [5, 5.41) is 2.45. The molecule has 0 heterocycles. The van der Waals surface area contributed by atoms with Gasteiger partial charge in [-0.15, -0.1) is 0 Å². The highest BCUT2D eigenvalue weighted by Gasteiger charge is 2.12. The fraction of sp³-hybridized carbons (Fsp3) is 0.190. The maximum atomic E-state index is 12.3. The average molecular weight is 492 g/mol. The molecule has 0 unspecified atom stereocenters. The molecule has 0 aliphatic rings. The molecular weight excluding hydrogens is 470 g/mol. The smallest absolute Gasteiger partial charge is 0.269 e. The van der Waals surface area contributed by atoms with Crippen molar-refractivity contribution < 1.29 is 19.1 Å². The zero-order valence-corrected chi connectivity index (χ0v) is 18.9. The lowest BCUT2D eigenvalue weighted by Crippen LogP contribution is -2.48. The second-order valence-electron chi connectivity index (χ2n) is 6.30. The predicted octanol–water partition coefficient (Wildman–Crippen LogP) is 3.75. The molecule has 2 aromatic rings. The van der Waals surface area contributed by atoms with Crippen LogP contribution in [0.5, 0.6) is 11.5 Å². The SMILES string of the molecule is C=CCOc1ccc(C(=O)NNC(=S)NC(=O)c2ccc(OC(C)C)c(Br)c2)cc1. The zero-order valence-electron chi connectivity index (χ0n) is 16.5. The van der Waals surface area contributed by atoms with Gasteiger partial charge in [0.1, 0.15) is 18.1 Å². The van der Waals surface area contributed by atoms with Crippen LogP contribution in [0.25, 0.3) is 0 Å². The summed E-state index contributed by atoms with van der Waals surface area (Å²) in [6.45, 7) is 7.78. The second kappa shape index (κ2) is 11.3. The van der Waals surface area contributed by atoms with Crippen LogP contribution in [0.3, 0.4) is 0 Å². The largest absolute Gasteiger partial charge is 0.490 e. The monoisotopic (exact) mass is 491 g/mol. The number of nitrogens with one attached hydrogen (secondary N) is 3. The number of ether oxygens (including phenoxy) is 2. The van der Waals surface area contributed by atoms with E-state index in [9.17, 15) is 9.59 Å². The van der Waals surface area contributed by atoms with Gasteiger partial charge in [-0.1, -0.05) is 12.7 Å². The minimum absolute atomic E-state index is 0.0113. The molecule has 0 radical (unpaired) electrons. The van der Waals surface area contributed by atoms with Crippen LogP contribution in [-0.2, 0) is 0 Å². The Morgan fingerprint density at radius 3 is 2.37 bits per heavy atom. The lowest BCUT2D eigenvalue weighted by atomic mass is 10.2. The van der Waals surface area contributed by atoms with Crippen molar-refractivity contribution in [1.82, 2.24) is 16.2 Å². The molecule has 0 saturated carbocycles. The third-order valence-electron chi connectivity index (χ3n) is 3.56. The molecule has 2 amide bonds. The molecule has 9 heteroatoms. The van der Waals surface area contributed by atoms with Gasteiger partial charge in [0.15, 0.2) is 5.11 Å². The summed E-state index contributed by atoms with van der Waals surface area (Å²) in [6.07, 6.45) is 1.64. The lowest BCUT2D eigenvalue weighted by Gasteiger charge is -2.13. The highest BCUT2D eigenvalue weighted by atomic mass is 79.9. The van der Waals surface area contributed by atoms with Gasteiger partial charge in [0.05, 0.1) is 10.6 Å². The van der Waals surface area contributed by atoms with Crippen molar-refractivity contribution >= 4 is 45.1 Å². The van der Waals surface area contributed by atoms with Crippen molar-refractivity contribution in [3.63, 3.8) is 0 Å². The molecule has 2 aromatic carbocycles. The maximum Gasteiger partial charge on any atom is 0.269 e. The number of benzene rings is 2. The second-order valence-corrected chi connectivity index (χ2v) is 7.56. The fourth-order valence-corrected chi connectivity index (χ4v) is 2.86. The number of carbonyl (C=O) groups excluding carboxylic acids is 2. The number of carbonyl (C=O) groups is 2. The van der Waals surface area contributed by atoms with Gasteiger partial charge in [-0.05, 0) is 84.5 Å². The first-order chi connectivity index (χ1) is 14.3. The van der Waals surface area contributed by atoms with E-state index in [0.29, 0.717) is 33.7 Å². The lowest BCUT2D eigenvalue weighted by molar-refractivity contribution is 0.0934. The summed E-state index contributed by atoms with van der Waals surface area (Å²) in [6, 6.07) is 11.5. The number of hydrogen-bond donors (Lipinski definition) is 3. The van der Waals surface area contributed by atoms with Crippen LogP contribution in [0.4, 0.5) is 0 Å². The molecule has 0 bridgehead atoms. The van der Waals surface area contributed by atoms with E-state index in [-0.39, 0.29) is 11.2 Å². The van der Waals surface area contributed by atoms with Gasteiger partial charge in [0.2, 0.25) is 0 Å². The Kier molecular flexibility index (Phi) is 8.82. The van der Waals surface area contributed by atoms with E-state index in [0.717, 1.165) is 0 Å². The molecule has 7 nitrogen and oxygen atoms in total. The van der Waals surface area contributed by atoms with Crippen LogP contribution in [0.2, 0.25) is 0 Å². The van der Waals surface area contributed by atoms with Gasteiger partial charge in [0.25, 0.3) is 11.8 Å². The zero-order chi connectivity index (χ0) is 22.1. The molecule has 0 aliphatic heterocycles. The van der Waals surface area contributed by atoms with Crippen LogP contribution in [0, 0.1) is 0 Å². The summed E-state index contributed by atoms with van der Waals surface area (Å²) in [4.78, 5) is 24.5. The van der Waals surface area contributed by atoms with E-state index in [2.05, 4.69) is 38.7 Å². The van der Waals surface area contributed by atoms with Crippen LogP contribution in [0.15, 0.2) is 59.6 Å². The van der Waals surface area contributed by atoms with E-state index in [4.69, 9.17) is 21.7 Å². The van der Waals surface area contributed by atoms with Gasteiger partial charge in [0, 0.05) is 11.1 Å². The van der Waals surface area contributed by atoms with Crippen molar-refractivity contribution in [2.75, 3.05) is 6.61 Å². The maximum absolute atomic E-state index is 12.3. The summed E-state index contributed by atoms with van der Waals surface area (Å²) in [7, 11) is 0. The molecule has 0 aliphatic carbocycles. The van der Waals surface area contributed by atoms with E-state index >= 15 is 0 Å². The number of thiocarbonyl (C=S) groups is 1. The van der Waals surface area contributed by atoms with Crippen LogP contribution in [0.1, 0.15) is 34.6 Å². The Morgan fingerprint density at radius 1 is 1.10 bits per heavy atom. The molecule has 2 rings (SSSR count). The van der Waals surface area contributed by atoms with Crippen LogP contribution < -0.4 is 25.6 Å². The van der Waals surface area contributed by atoms with Crippen molar-refractivity contribution in [3.8, 4) is 11.5 Å². The number of hydrogen-bond acceptors (Lipinski definition) is 5. The van der Waals surface area contributed by atoms with Gasteiger partial charge in [-0.25, -0.2) is 0 Å². The number of rotatable bonds is 7. The van der Waals surface area contributed by atoms with E-state index in [1.54, 1.807) is 48.5 Å². The first kappa shape index (κ1) is 23.4. The Hall–Kier alpha value is -2.91. The number of halogens is 1. The minimum atomic E-state index is -0.428. The number of amides is 2. The Bertz CT molecular complexity index is 932. The van der Waals surface area contributed by atoms with E-state index in [1.807, 2.05) is 13.8 Å². The minimum Gasteiger partial charge on any atom is -0.490 e. The summed E-state index contributed by atoms with van der Waals surface area (Å²) >= 11 is 8.44. The van der Waals surface area contributed by atoms with Crippen molar-refractivity contribution in [3.05, 3.63) is 70.7 Å². The molecule has 0 fully saturated rings. The quantitative estimate of drug-likeness (QED) is 0.310. The van der Waals surface area contributed by atoms with Gasteiger partial charge >= 0.3 is 0 Å². The molecule has 30 heavy (non-hydrogen) atoms. The molecule has 3 N–H and O–H groups in total. The van der Waals surface area contributed by atoms with Gasteiger partial charge in [-0.2, -0.15) is 0 Å². The highest BCUT2D eigenvalue weighted by Crippen LogP contribution is 2.26. The Labute approximate surface area is 188 Å². The predicted molar refractivity (Wildman–Crippen MR) is 123 cm³/mol. The Morgan fingerprint density at radius 2 is 1.77 bits per heavy atom. The first-order valence-electron chi connectivity index (χ1n) is 9.01. The van der Waals surface area contributed by atoms with E-state index < -0.39 is 11.8 Å². The summed E-state index contributed by atoms with van der Waals surface area (Å²) < 4.78 is 11.6. The molecule has 0 spiro atoms. The summed E-state index contributed by atoms with van der Waals surface area (Å²) in [5.41, 5.74) is 5.70. The standard InChI is InChI=1S/C21H22BrN3O4S/c1-4-11-28-16-8-5-14(6-9-16)20(27)24-25-21(30)23-19(26)15-7-10-18(17(22)12-15)29-13(2)3/h4-10,12-13H,1,11H2,2-3H3,(H,24,27)(H2,23,25,26,30). The molecule has 158 valence electrons. The van der Waals surface area contributed by atoms with Crippen LogP contribution in [-0.4, -0.2) is 29.6 Å². The highest BCUT2D eigenvalue weighted by molar-refractivity contribution is 9.10. The molecule has 0 aromatic heterocycles. The van der Waals surface area contributed by atoms with Gasteiger partial charge in [-0.3, -0.25) is 25.8 Å². The van der Waals surface area contributed by atoms with E-state index in [1.165, 1.54) is 0 Å². The third kappa shape index (κ3) is 7.16. The van der Waals surface area contributed by atoms with Crippen LogP contribution >= 0.6 is 28.1 Å². The molecular formula is C21H22BrN3O4S. The van der Waals surface area contributed by atoms with Crippen molar-refractivity contribution in [2.45, 2.75) is 20.0 Å². The topological polar surface area (TPSA) is 88.7 Å². The van der Waals surface area contributed by atoms with Crippen molar-refractivity contribution in [1.29, 1.82) is 0 Å². The summed E-state index contributed by atoms with van der Waals surface area (Å²) in [5.74, 6) is 0.413. The fourth-order valence-electron chi connectivity index (χ4n) is 2.24. The van der Waals surface area contributed by atoms with Crippen molar-refractivity contribution in [2.24, 2.45) is 0 Å². The first-order valence-corrected chi connectivity index (χ1v) is 10.2. The molecule has 0 saturated heterocycles. The normalized spacial score (nSPS) is 10.1. The Balaban J connectivity index is 1.86. The molecule has 0 atom stereocenters.